The molecule has 2 aromatic heterocycles. The highest BCUT2D eigenvalue weighted by Crippen LogP contribution is 2.42. The minimum absolute atomic E-state index is 0.0221. The topological polar surface area (TPSA) is 101 Å². The lowest BCUT2D eigenvalue weighted by Gasteiger charge is -2.09. The fourth-order valence-electron chi connectivity index (χ4n) is 4.11. The predicted molar refractivity (Wildman–Crippen MR) is 134 cm³/mol. The van der Waals surface area contributed by atoms with E-state index >= 15 is 0 Å². The van der Waals surface area contributed by atoms with Gasteiger partial charge >= 0.3 is 6.03 Å². The highest BCUT2D eigenvalue weighted by Gasteiger charge is 2.30. The predicted octanol–water partition coefficient (Wildman–Crippen LogP) is 4.52. The number of nitrogens with zero attached hydrogens (tertiary/aromatic N) is 3. The first-order valence-corrected chi connectivity index (χ1v) is 11.7. The maximum absolute atomic E-state index is 12.9. The largest absolute Gasteiger partial charge is 0.507 e. The second-order valence-corrected chi connectivity index (χ2v) is 8.80. The number of carbonyl (C=O) groups is 2. The van der Waals surface area contributed by atoms with Crippen molar-refractivity contribution in [2.75, 3.05) is 11.9 Å². The molecule has 0 aliphatic heterocycles. The molecule has 1 fully saturated rings. The van der Waals surface area contributed by atoms with Crippen LogP contribution in [0.1, 0.15) is 40.5 Å². The van der Waals surface area contributed by atoms with Crippen LogP contribution >= 0.6 is 0 Å². The molecular formula is C27H27N5O3. The Morgan fingerprint density at radius 2 is 1.86 bits per heavy atom. The summed E-state index contributed by atoms with van der Waals surface area (Å²) in [4.78, 5) is 25.4. The van der Waals surface area contributed by atoms with Gasteiger partial charge in [0.15, 0.2) is 0 Å². The number of aromatic nitrogens is 3. The average Bonchev–Trinajstić information content (AvgIpc) is 3.45. The van der Waals surface area contributed by atoms with Crippen LogP contribution in [0, 0.1) is 0 Å². The number of benzene rings is 2. The molecule has 0 unspecified atom stereocenters. The molecule has 1 aliphatic rings. The van der Waals surface area contributed by atoms with Gasteiger partial charge in [-0.15, -0.1) is 0 Å². The number of hydrogen-bond acceptors (Lipinski definition) is 4. The van der Waals surface area contributed by atoms with E-state index < -0.39 is 0 Å². The Balaban J connectivity index is 1.31. The van der Waals surface area contributed by atoms with Gasteiger partial charge in [0, 0.05) is 43.0 Å². The zero-order valence-corrected chi connectivity index (χ0v) is 19.4. The van der Waals surface area contributed by atoms with E-state index in [1.807, 2.05) is 36.4 Å². The van der Waals surface area contributed by atoms with Crippen molar-refractivity contribution in [3.63, 3.8) is 0 Å². The lowest BCUT2D eigenvalue weighted by atomic mass is 10.1. The van der Waals surface area contributed by atoms with E-state index in [9.17, 15) is 14.7 Å². The van der Waals surface area contributed by atoms with Crippen molar-refractivity contribution in [2.24, 2.45) is 7.05 Å². The molecule has 3 N–H and O–H groups in total. The van der Waals surface area contributed by atoms with Gasteiger partial charge in [-0.2, -0.15) is 9.78 Å². The average molecular weight is 470 g/mol. The van der Waals surface area contributed by atoms with Crippen LogP contribution in [0.5, 0.6) is 5.75 Å². The van der Waals surface area contributed by atoms with Gasteiger partial charge in [-0.05, 0) is 55.2 Å². The monoisotopic (exact) mass is 469 g/mol. The summed E-state index contributed by atoms with van der Waals surface area (Å²) in [6, 6.07) is 20.0. The summed E-state index contributed by atoms with van der Waals surface area (Å²) in [5, 5.41) is 21.0. The summed E-state index contributed by atoms with van der Waals surface area (Å²) in [6.45, 7) is 0.503. The number of aromatic hydroxyl groups is 1. The molecule has 35 heavy (non-hydrogen) atoms. The van der Waals surface area contributed by atoms with E-state index in [1.54, 1.807) is 42.1 Å². The van der Waals surface area contributed by atoms with Crippen LogP contribution in [0.3, 0.4) is 0 Å². The van der Waals surface area contributed by atoms with Crippen molar-refractivity contribution in [2.45, 2.75) is 25.2 Å². The smallest absolute Gasteiger partial charge is 0.342 e. The molecule has 1 aliphatic carbocycles. The highest BCUT2D eigenvalue weighted by molar-refractivity contribution is 6.03. The highest BCUT2D eigenvalue weighted by atomic mass is 16.3. The summed E-state index contributed by atoms with van der Waals surface area (Å²) in [7, 11) is 1.79. The van der Waals surface area contributed by atoms with Crippen molar-refractivity contribution < 1.29 is 14.7 Å². The minimum atomic E-state index is -0.278. The molecule has 0 radical (unpaired) electrons. The summed E-state index contributed by atoms with van der Waals surface area (Å²) in [6.07, 6.45) is 4.55. The van der Waals surface area contributed by atoms with Crippen LogP contribution in [-0.2, 0) is 13.5 Å². The van der Waals surface area contributed by atoms with E-state index in [2.05, 4.69) is 15.7 Å². The number of carbonyl (C=O) groups excluding carboxylic acids is 2. The van der Waals surface area contributed by atoms with Crippen molar-refractivity contribution in [3.05, 3.63) is 89.9 Å². The molecule has 4 aromatic rings. The van der Waals surface area contributed by atoms with Crippen molar-refractivity contribution in [1.82, 2.24) is 19.7 Å². The van der Waals surface area contributed by atoms with Gasteiger partial charge in [0.2, 0.25) is 0 Å². The molecule has 0 atom stereocenters. The number of anilines is 1. The molecule has 1 saturated carbocycles. The molecule has 0 spiro atoms. The van der Waals surface area contributed by atoms with E-state index in [0.29, 0.717) is 35.1 Å². The molecule has 5 rings (SSSR count). The van der Waals surface area contributed by atoms with Gasteiger partial charge in [-0.3, -0.25) is 4.79 Å². The Labute approximate surface area is 203 Å². The zero-order chi connectivity index (χ0) is 24.4. The third-order valence-corrected chi connectivity index (χ3v) is 6.17. The number of amides is 2. The van der Waals surface area contributed by atoms with Gasteiger partial charge < -0.3 is 20.3 Å². The van der Waals surface area contributed by atoms with Gasteiger partial charge in [-0.25, -0.2) is 4.79 Å². The first kappa shape index (κ1) is 22.5. The van der Waals surface area contributed by atoms with Crippen LogP contribution in [0.15, 0.2) is 72.9 Å². The quantitative estimate of drug-likeness (QED) is 0.370. The van der Waals surface area contributed by atoms with Crippen LogP contribution in [0.4, 0.5) is 10.5 Å². The molecule has 2 heterocycles. The maximum Gasteiger partial charge on any atom is 0.342 e. The number of phenols is 1. The number of aryl methyl sites for hydroxylation is 1. The molecule has 0 saturated heterocycles. The molecule has 178 valence electrons. The van der Waals surface area contributed by atoms with Gasteiger partial charge in [0.25, 0.3) is 5.91 Å². The second kappa shape index (κ2) is 9.50. The summed E-state index contributed by atoms with van der Waals surface area (Å²) in [5.41, 5.74) is 4.00. The van der Waals surface area contributed by atoms with Crippen molar-refractivity contribution >= 4 is 17.6 Å². The van der Waals surface area contributed by atoms with Crippen molar-refractivity contribution in [1.29, 1.82) is 0 Å². The van der Waals surface area contributed by atoms with Crippen LogP contribution in [0.2, 0.25) is 0 Å². The molecule has 8 heteroatoms. The Hall–Kier alpha value is -4.33. The van der Waals surface area contributed by atoms with Crippen LogP contribution in [-0.4, -0.2) is 37.9 Å². The first-order valence-electron chi connectivity index (χ1n) is 11.7. The number of rotatable bonds is 7. The summed E-state index contributed by atoms with van der Waals surface area (Å²) >= 11 is 0. The van der Waals surface area contributed by atoms with Gasteiger partial charge in [0.1, 0.15) is 11.4 Å². The van der Waals surface area contributed by atoms with E-state index in [0.717, 1.165) is 30.5 Å². The lowest BCUT2D eigenvalue weighted by Crippen LogP contribution is -2.32. The number of phenolic OH excluding ortho intramolecular Hbond substituents is 1. The van der Waals surface area contributed by atoms with E-state index in [4.69, 9.17) is 0 Å². The molecule has 0 bridgehead atoms. The fourth-order valence-corrected chi connectivity index (χ4v) is 4.11. The van der Waals surface area contributed by atoms with Gasteiger partial charge in [0.05, 0.1) is 11.4 Å². The van der Waals surface area contributed by atoms with E-state index in [-0.39, 0.29) is 17.7 Å². The standard InChI is InChI=1S/C27H27N5O3/c1-31-15-5-8-23(31)26(34)29-20-11-12-21(25(33)16-20)22-17-24(19-9-10-19)32(30-22)27(35)28-14-13-18-6-3-2-4-7-18/h2-8,11-12,15-17,19,33H,9-10,13-14H2,1H3,(H,28,35)(H,29,34). The maximum atomic E-state index is 12.9. The van der Waals surface area contributed by atoms with Gasteiger partial charge in [-0.1, -0.05) is 30.3 Å². The van der Waals surface area contributed by atoms with Crippen molar-refractivity contribution in [3.8, 4) is 17.0 Å². The first-order chi connectivity index (χ1) is 17.0. The number of hydrogen-bond donors (Lipinski definition) is 3. The van der Waals surface area contributed by atoms with Crippen LogP contribution < -0.4 is 10.6 Å². The second-order valence-electron chi connectivity index (χ2n) is 8.80. The Morgan fingerprint density at radius 3 is 2.54 bits per heavy atom. The molecular weight excluding hydrogens is 442 g/mol. The minimum Gasteiger partial charge on any atom is -0.507 e. The molecule has 2 amide bonds. The number of nitrogens with one attached hydrogen (secondary N) is 2. The fraction of sp³-hybridized carbons (Fsp3) is 0.222. The molecule has 2 aromatic carbocycles. The normalized spacial score (nSPS) is 12.9. The zero-order valence-electron chi connectivity index (χ0n) is 19.4. The Kier molecular flexibility index (Phi) is 6.10. The third-order valence-electron chi connectivity index (χ3n) is 6.17. The lowest BCUT2D eigenvalue weighted by molar-refractivity contribution is 0.101. The third kappa shape index (κ3) is 4.96. The summed E-state index contributed by atoms with van der Waals surface area (Å²) < 4.78 is 3.14. The summed E-state index contributed by atoms with van der Waals surface area (Å²) in [5.74, 6) is 0.00500. The Morgan fingerprint density at radius 1 is 1.06 bits per heavy atom. The van der Waals surface area contributed by atoms with E-state index in [1.165, 1.54) is 10.7 Å². The SMILES string of the molecule is Cn1cccc1C(=O)Nc1ccc(-c2cc(C3CC3)n(C(=O)NCCc3ccccc3)n2)c(O)c1. The molecule has 8 nitrogen and oxygen atoms in total. The van der Waals surface area contributed by atoms with Crippen LogP contribution in [0.25, 0.3) is 11.3 Å². The Bertz CT molecular complexity index is 1370.